The minimum absolute atomic E-state index is 0.00396. The van der Waals surface area contributed by atoms with Crippen LogP contribution in [0.1, 0.15) is 27.2 Å². The molecule has 0 saturated heterocycles. The molecule has 1 atom stereocenters. The lowest BCUT2D eigenvalue weighted by molar-refractivity contribution is -0.138. The number of aromatic nitrogens is 2. The van der Waals surface area contributed by atoms with Gasteiger partial charge < -0.3 is 15.5 Å². The van der Waals surface area contributed by atoms with Gasteiger partial charge in [0.15, 0.2) is 10.9 Å². The van der Waals surface area contributed by atoms with E-state index in [9.17, 15) is 18.0 Å². The van der Waals surface area contributed by atoms with Gasteiger partial charge in [-0.25, -0.2) is 0 Å². The molecule has 0 radical (unpaired) electrons. The predicted octanol–water partition coefficient (Wildman–Crippen LogP) is 3.96. The van der Waals surface area contributed by atoms with Crippen molar-refractivity contribution in [2.24, 2.45) is 12.8 Å². The van der Waals surface area contributed by atoms with E-state index in [2.05, 4.69) is 10.4 Å². The van der Waals surface area contributed by atoms with Gasteiger partial charge in [-0.15, -0.1) is 0 Å². The number of nitrogens with one attached hydrogen (secondary N) is 1. The minimum atomic E-state index is -4.49. The molecular formula is C20H20ClF3N4O2. The van der Waals surface area contributed by atoms with Crippen molar-refractivity contribution in [3.05, 3.63) is 64.2 Å². The lowest BCUT2D eigenvalue weighted by atomic mass is 9.99. The summed E-state index contributed by atoms with van der Waals surface area (Å²) in [6.45, 7) is 1.75. The van der Waals surface area contributed by atoms with Gasteiger partial charge in [-0.2, -0.15) is 18.3 Å². The third kappa shape index (κ3) is 4.52. The van der Waals surface area contributed by atoms with Gasteiger partial charge in [-0.3, -0.25) is 9.48 Å². The zero-order valence-electron chi connectivity index (χ0n) is 16.3. The van der Waals surface area contributed by atoms with Gasteiger partial charge in [0.05, 0.1) is 11.3 Å². The first-order valence-corrected chi connectivity index (χ1v) is 9.43. The molecule has 2 heterocycles. The smallest absolute Gasteiger partial charge is 0.416 e. The average Bonchev–Trinajstić information content (AvgIpc) is 3.25. The van der Waals surface area contributed by atoms with Crippen LogP contribution in [0.5, 0.6) is 0 Å². The van der Waals surface area contributed by atoms with Crippen molar-refractivity contribution in [2.75, 3.05) is 6.54 Å². The quantitative estimate of drug-likeness (QED) is 0.607. The number of hydrogen-bond acceptors (Lipinski definition) is 4. The topological polar surface area (TPSA) is 86.1 Å². The van der Waals surface area contributed by atoms with Crippen molar-refractivity contribution in [3.8, 4) is 11.3 Å². The molecule has 0 aliphatic carbocycles. The zero-order valence-corrected chi connectivity index (χ0v) is 17.0. The second-order valence-electron chi connectivity index (χ2n) is 6.85. The van der Waals surface area contributed by atoms with Crippen LogP contribution in [0.2, 0.25) is 5.15 Å². The third-order valence-corrected chi connectivity index (χ3v) is 5.09. The summed E-state index contributed by atoms with van der Waals surface area (Å²) in [5.74, 6) is -0.573. The number of hydrogen-bond donors (Lipinski definition) is 2. The number of alkyl halides is 3. The van der Waals surface area contributed by atoms with Crippen molar-refractivity contribution in [1.82, 2.24) is 15.1 Å². The van der Waals surface area contributed by atoms with Crippen LogP contribution in [0.3, 0.4) is 0 Å². The number of halogens is 4. The number of carbonyl (C=O) groups is 1. The van der Waals surface area contributed by atoms with E-state index >= 15 is 0 Å². The van der Waals surface area contributed by atoms with Gasteiger partial charge in [0.1, 0.15) is 6.26 Å². The van der Waals surface area contributed by atoms with Crippen LogP contribution in [-0.4, -0.2) is 28.3 Å². The number of amides is 1. The molecule has 0 aliphatic heterocycles. The molecule has 1 aromatic carbocycles. The predicted molar refractivity (Wildman–Crippen MR) is 106 cm³/mol. The number of nitrogens with zero attached hydrogens (tertiary/aromatic N) is 2. The van der Waals surface area contributed by atoms with Crippen molar-refractivity contribution in [1.29, 1.82) is 0 Å². The Balaban J connectivity index is 1.77. The van der Waals surface area contributed by atoms with Gasteiger partial charge in [-0.05, 0) is 31.0 Å². The maximum Gasteiger partial charge on any atom is 0.416 e. The molecule has 3 rings (SSSR count). The van der Waals surface area contributed by atoms with E-state index < -0.39 is 23.7 Å². The van der Waals surface area contributed by atoms with Crippen molar-refractivity contribution in [3.63, 3.8) is 0 Å². The Morgan fingerprint density at radius 3 is 2.67 bits per heavy atom. The van der Waals surface area contributed by atoms with E-state index in [1.165, 1.54) is 30.5 Å². The van der Waals surface area contributed by atoms with E-state index in [-0.39, 0.29) is 24.3 Å². The molecular weight excluding hydrogens is 421 g/mol. The maximum atomic E-state index is 13.2. The summed E-state index contributed by atoms with van der Waals surface area (Å²) in [5, 5.41) is 7.08. The Morgan fingerprint density at radius 1 is 1.37 bits per heavy atom. The summed E-state index contributed by atoms with van der Waals surface area (Å²) < 4.78 is 46.6. The highest BCUT2D eigenvalue weighted by molar-refractivity contribution is 6.30. The fourth-order valence-electron chi connectivity index (χ4n) is 3.27. The highest BCUT2D eigenvalue weighted by Gasteiger charge is 2.33. The second kappa shape index (κ2) is 8.53. The second-order valence-corrected chi connectivity index (χ2v) is 7.21. The highest BCUT2D eigenvalue weighted by Crippen LogP contribution is 2.32. The fraction of sp³-hybridized carbons (Fsp3) is 0.300. The molecule has 1 unspecified atom stereocenters. The number of benzene rings is 1. The highest BCUT2D eigenvalue weighted by atomic mass is 35.5. The van der Waals surface area contributed by atoms with Crippen molar-refractivity contribution >= 4 is 17.5 Å². The summed E-state index contributed by atoms with van der Waals surface area (Å²) in [6, 6.07) is 6.02. The SMILES string of the molecule is Cc1c(Cl)nn(C)c1-c1coc(C(=O)NC(CN)Cc2ccccc2C(F)(F)F)c1. The number of furan rings is 1. The summed E-state index contributed by atoms with van der Waals surface area (Å²) in [7, 11) is 1.71. The van der Waals surface area contributed by atoms with E-state index in [0.717, 1.165) is 11.6 Å². The largest absolute Gasteiger partial charge is 0.458 e. The van der Waals surface area contributed by atoms with Gasteiger partial charge >= 0.3 is 6.18 Å². The summed E-state index contributed by atoms with van der Waals surface area (Å²) in [5.41, 5.74) is 7.03. The van der Waals surface area contributed by atoms with Gasteiger partial charge in [0, 0.05) is 30.8 Å². The fourth-order valence-corrected chi connectivity index (χ4v) is 3.47. The summed E-state index contributed by atoms with van der Waals surface area (Å²) in [4.78, 5) is 12.6. The van der Waals surface area contributed by atoms with Crippen LogP contribution in [0, 0.1) is 6.92 Å². The molecule has 0 fully saturated rings. The standard InChI is InChI=1S/C20H20ClF3N4O2/c1-11-17(28(2)27-18(11)21)13-8-16(30-10-13)19(29)26-14(9-25)7-12-5-3-4-6-15(12)20(22,23)24/h3-6,8,10,14H,7,9,25H2,1-2H3,(H,26,29). The normalized spacial score (nSPS) is 12.8. The van der Waals surface area contributed by atoms with Crippen LogP contribution in [-0.2, 0) is 19.6 Å². The third-order valence-electron chi connectivity index (χ3n) is 4.73. The lowest BCUT2D eigenvalue weighted by Gasteiger charge is -2.19. The van der Waals surface area contributed by atoms with Crippen LogP contribution in [0.15, 0.2) is 41.0 Å². The molecule has 0 aliphatic rings. The Labute approximate surface area is 175 Å². The molecule has 10 heteroatoms. The van der Waals surface area contributed by atoms with E-state index in [1.54, 1.807) is 18.7 Å². The van der Waals surface area contributed by atoms with Crippen LogP contribution in [0.4, 0.5) is 13.2 Å². The van der Waals surface area contributed by atoms with Crippen LogP contribution < -0.4 is 11.1 Å². The number of carbonyl (C=O) groups excluding carboxylic acids is 1. The molecule has 1 amide bonds. The molecule has 0 spiro atoms. The molecule has 3 N–H and O–H groups in total. The van der Waals surface area contributed by atoms with Crippen molar-refractivity contribution < 1.29 is 22.4 Å². The van der Waals surface area contributed by atoms with Gasteiger partial charge in [-0.1, -0.05) is 29.8 Å². The molecule has 0 saturated carbocycles. The van der Waals surface area contributed by atoms with Crippen LogP contribution >= 0.6 is 11.6 Å². The first kappa shape index (κ1) is 21.9. The monoisotopic (exact) mass is 440 g/mol. The molecule has 6 nitrogen and oxygen atoms in total. The van der Waals surface area contributed by atoms with E-state index in [0.29, 0.717) is 16.4 Å². The molecule has 30 heavy (non-hydrogen) atoms. The molecule has 160 valence electrons. The maximum absolute atomic E-state index is 13.2. The minimum Gasteiger partial charge on any atom is -0.458 e. The Bertz CT molecular complexity index is 1060. The van der Waals surface area contributed by atoms with Crippen molar-refractivity contribution in [2.45, 2.75) is 25.6 Å². The zero-order chi connectivity index (χ0) is 22.1. The van der Waals surface area contributed by atoms with Gasteiger partial charge in [0.2, 0.25) is 0 Å². The first-order valence-electron chi connectivity index (χ1n) is 9.05. The lowest BCUT2D eigenvalue weighted by Crippen LogP contribution is -2.42. The number of rotatable bonds is 6. The van der Waals surface area contributed by atoms with Gasteiger partial charge in [0.25, 0.3) is 5.91 Å². The van der Waals surface area contributed by atoms with E-state index in [1.807, 2.05) is 0 Å². The Morgan fingerprint density at radius 2 is 2.07 bits per heavy atom. The molecule has 3 aromatic rings. The summed E-state index contributed by atoms with van der Waals surface area (Å²) in [6.07, 6.45) is -3.16. The van der Waals surface area contributed by atoms with Crippen LogP contribution in [0.25, 0.3) is 11.3 Å². The average molecular weight is 441 g/mol. The Hall–Kier alpha value is -2.78. The number of aryl methyl sites for hydroxylation is 1. The van der Waals surface area contributed by atoms with E-state index in [4.69, 9.17) is 21.8 Å². The first-order chi connectivity index (χ1) is 14.1. The Kier molecular flexibility index (Phi) is 6.23. The molecule has 2 aromatic heterocycles. The molecule has 0 bridgehead atoms. The number of nitrogens with two attached hydrogens (primary N) is 1. The summed E-state index contributed by atoms with van der Waals surface area (Å²) >= 11 is 6.03.